The SMILES string of the molecule is CC(C)OC(=O)[C@H](Cc1ccc(-n2c(=O)c3cc(CN(C)C(=O)OC(C)(C)C)cc(C(=O)O)c3n(C)c2=O)cc1)NC(=O)c1c(Cl)cccc1Cl. The number of aromatic carboxylic acids is 1. The van der Waals surface area contributed by atoms with Crippen LogP contribution < -0.4 is 16.6 Å². The van der Waals surface area contributed by atoms with Crippen LogP contribution in [0.4, 0.5) is 4.79 Å². The van der Waals surface area contributed by atoms with Crippen LogP contribution in [0.2, 0.25) is 10.0 Å². The molecule has 0 unspecified atom stereocenters. The summed E-state index contributed by atoms with van der Waals surface area (Å²) in [6.07, 6.45) is -1.15. The Hall–Kier alpha value is -5.14. The monoisotopic (exact) mass is 740 g/mol. The number of amides is 2. The van der Waals surface area contributed by atoms with Crippen LogP contribution in [0.25, 0.3) is 16.6 Å². The molecular weight excluding hydrogens is 703 g/mol. The van der Waals surface area contributed by atoms with E-state index in [0.29, 0.717) is 11.1 Å². The number of halogens is 2. The van der Waals surface area contributed by atoms with E-state index in [1.54, 1.807) is 52.8 Å². The average molecular weight is 742 g/mol. The molecule has 0 bridgehead atoms. The first-order valence-electron chi connectivity index (χ1n) is 15.8. The molecule has 4 aromatic rings. The van der Waals surface area contributed by atoms with Gasteiger partial charge in [-0.15, -0.1) is 0 Å². The van der Waals surface area contributed by atoms with E-state index < -0.39 is 52.9 Å². The second kappa shape index (κ2) is 15.4. The van der Waals surface area contributed by atoms with Crippen molar-refractivity contribution in [3.05, 3.63) is 108 Å². The van der Waals surface area contributed by atoms with Crippen molar-refractivity contribution in [1.82, 2.24) is 19.4 Å². The second-order valence-electron chi connectivity index (χ2n) is 13.1. The van der Waals surface area contributed by atoms with Crippen molar-refractivity contribution in [3.63, 3.8) is 0 Å². The van der Waals surface area contributed by atoms with Crippen LogP contribution in [0, 0.1) is 0 Å². The van der Waals surface area contributed by atoms with E-state index in [4.69, 9.17) is 32.7 Å². The fourth-order valence-electron chi connectivity index (χ4n) is 5.30. The number of carbonyl (C=O) groups excluding carboxylic acids is 3. The number of carboxylic acids is 1. The molecule has 0 saturated carbocycles. The first-order chi connectivity index (χ1) is 23.8. The van der Waals surface area contributed by atoms with Crippen molar-refractivity contribution in [2.75, 3.05) is 7.05 Å². The predicted molar refractivity (Wildman–Crippen MR) is 192 cm³/mol. The maximum absolute atomic E-state index is 13.9. The molecule has 1 atom stereocenters. The molecule has 15 heteroatoms. The number of aryl methyl sites for hydroxylation is 1. The zero-order valence-electron chi connectivity index (χ0n) is 29.1. The Kier molecular flexibility index (Phi) is 11.7. The third-order valence-electron chi connectivity index (χ3n) is 7.54. The summed E-state index contributed by atoms with van der Waals surface area (Å²) >= 11 is 12.4. The number of aromatic nitrogens is 2. The Morgan fingerprint density at radius 1 is 0.961 bits per heavy atom. The lowest BCUT2D eigenvalue weighted by Gasteiger charge is -2.25. The van der Waals surface area contributed by atoms with Gasteiger partial charge in [0.2, 0.25) is 0 Å². The van der Waals surface area contributed by atoms with E-state index in [1.165, 1.54) is 55.4 Å². The lowest BCUT2D eigenvalue weighted by Crippen LogP contribution is -2.44. The quantitative estimate of drug-likeness (QED) is 0.204. The van der Waals surface area contributed by atoms with Gasteiger partial charge in [-0.3, -0.25) is 14.2 Å². The number of hydrogen-bond acceptors (Lipinski definition) is 8. The highest BCUT2D eigenvalue weighted by Gasteiger charge is 2.27. The van der Waals surface area contributed by atoms with Crippen molar-refractivity contribution < 1.29 is 33.8 Å². The van der Waals surface area contributed by atoms with Crippen LogP contribution in [0.1, 0.15) is 66.5 Å². The van der Waals surface area contributed by atoms with E-state index in [9.17, 15) is 33.9 Å². The van der Waals surface area contributed by atoms with E-state index in [1.807, 2.05) is 0 Å². The highest BCUT2D eigenvalue weighted by Crippen LogP contribution is 2.25. The maximum Gasteiger partial charge on any atom is 0.410 e. The van der Waals surface area contributed by atoms with Crippen molar-refractivity contribution >= 4 is 58.0 Å². The lowest BCUT2D eigenvalue weighted by molar-refractivity contribution is -0.149. The Bertz CT molecular complexity index is 2110. The van der Waals surface area contributed by atoms with Crippen molar-refractivity contribution in [2.45, 2.75) is 65.3 Å². The molecule has 2 N–H and O–H groups in total. The molecule has 1 heterocycles. The minimum Gasteiger partial charge on any atom is -0.478 e. The summed E-state index contributed by atoms with van der Waals surface area (Å²) in [6, 6.07) is 12.3. The summed E-state index contributed by atoms with van der Waals surface area (Å²) in [6.45, 7) is 8.38. The standard InChI is InChI=1S/C36H38Cl2N4O9/c1-19(2)50-33(47)27(39-30(43)28-25(37)9-8-10-26(28)38)17-20-11-13-22(14-12-20)42-31(44)23-15-21(18-40(6)35(49)51-36(3,4)5)16-24(32(45)46)29(23)41(7)34(42)48/h8-16,19,27H,17-18H2,1-7H3,(H,39,43)(H,45,46)/t27-/m0/s1. The van der Waals surface area contributed by atoms with Gasteiger partial charge < -0.3 is 24.8 Å². The van der Waals surface area contributed by atoms with Gasteiger partial charge in [0.25, 0.3) is 11.5 Å². The van der Waals surface area contributed by atoms with E-state index in [-0.39, 0.29) is 50.7 Å². The summed E-state index contributed by atoms with van der Waals surface area (Å²) < 4.78 is 12.7. The van der Waals surface area contributed by atoms with Gasteiger partial charge in [0.15, 0.2) is 0 Å². The minimum atomic E-state index is -1.37. The minimum absolute atomic E-state index is 0.00393. The molecule has 270 valence electrons. The van der Waals surface area contributed by atoms with E-state index >= 15 is 0 Å². The van der Waals surface area contributed by atoms with Gasteiger partial charge in [0, 0.05) is 27.1 Å². The van der Waals surface area contributed by atoms with Crippen molar-refractivity contribution in [1.29, 1.82) is 0 Å². The average Bonchev–Trinajstić information content (AvgIpc) is 3.02. The molecule has 0 saturated heterocycles. The summed E-state index contributed by atoms with van der Waals surface area (Å²) in [5, 5.41) is 12.8. The van der Waals surface area contributed by atoms with Gasteiger partial charge in [-0.25, -0.2) is 23.7 Å². The molecule has 4 rings (SSSR count). The van der Waals surface area contributed by atoms with Crippen LogP contribution in [0.5, 0.6) is 0 Å². The fraction of sp³-hybridized carbons (Fsp3) is 0.333. The normalized spacial score (nSPS) is 12.0. The zero-order valence-corrected chi connectivity index (χ0v) is 30.6. The number of nitrogens with zero attached hydrogens (tertiary/aromatic N) is 3. The molecule has 13 nitrogen and oxygen atoms in total. The number of ether oxygens (including phenoxy) is 2. The first kappa shape index (κ1) is 38.7. The zero-order chi connectivity index (χ0) is 37.9. The maximum atomic E-state index is 13.9. The third kappa shape index (κ3) is 8.97. The van der Waals surface area contributed by atoms with Crippen LogP contribution >= 0.6 is 23.2 Å². The molecule has 0 aliphatic carbocycles. The van der Waals surface area contributed by atoms with Crippen LogP contribution in [-0.4, -0.2) is 67.9 Å². The number of carbonyl (C=O) groups is 4. The Morgan fingerprint density at radius 3 is 2.12 bits per heavy atom. The fourth-order valence-corrected chi connectivity index (χ4v) is 5.87. The summed E-state index contributed by atoms with van der Waals surface area (Å²) in [4.78, 5) is 79.8. The van der Waals surface area contributed by atoms with Crippen LogP contribution in [-0.2, 0) is 34.3 Å². The molecule has 0 aliphatic heterocycles. The Balaban J connectivity index is 1.72. The second-order valence-corrected chi connectivity index (χ2v) is 14.0. The predicted octanol–water partition coefficient (Wildman–Crippen LogP) is 5.35. The van der Waals surface area contributed by atoms with Gasteiger partial charge in [-0.1, -0.05) is 41.4 Å². The van der Waals surface area contributed by atoms with Crippen molar-refractivity contribution in [2.24, 2.45) is 7.05 Å². The first-order valence-corrected chi connectivity index (χ1v) is 16.6. The number of benzene rings is 3. The Labute approximate surface area is 303 Å². The molecule has 3 aromatic carbocycles. The van der Waals surface area contributed by atoms with Gasteiger partial charge in [-0.2, -0.15) is 0 Å². The summed E-state index contributed by atoms with van der Waals surface area (Å²) in [5.41, 5.74) is -1.71. The molecule has 51 heavy (non-hydrogen) atoms. The molecule has 0 radical (unpaired) electrons. The van der Waals surface area contributed by atoms with Crippen LogP contribution in [0.15, 0.2) is 64.2 Å². The molecule has 0 fully saturated rings. The Morgan fingerprint density at radius 2 is 1.57 bits per heavy atom. The van der Waals surface area contributed by atoms with Crippen LogP contribution in [0.3, 0.4) is 0 Å². The highest BCUT2D eigenvalue weighted by molar-refractivity contribution is 6.39. The number of rotatable bonds is 10. The molecule has 0 aliphatic rings. The number of fused-ring (bicyclic) bond motifs is 1. The molecular formula is C36H38Cl2N4O9. The van der Waals surface area contributed by atoms with E-state index in [2.05, 4.69) is 5.32 Å². The van der Waals surface area contributed by atoms with Gasteiger partial charge in [0.05, 0.1) is 43.9 Å². The molecule has 1 aromatic heterocycles. The molecule has 0 spiro atoms. The summed E-state index contributed by atoms with van der Waals surface area (Å²) in [5.74, 6) is -2.75. The molecule has 2 amide bonds. The van der Waals surface area contributed by atoms with Gasteiger partial charge in [0.1, 0.15) is 11.6 Å². The number of hydrogen-bond donors (Lipinski definition) is 2. The summed E-state index contributed by atoms with van der Waals surface area (Å²) in [7, 11) is 2.83. The number of carboxylic acid groups (broad SMARTS) is 1. The third-order valence-corrected chi connectivity index (χ3v) is 8.17. The van der Waals surface area contributed by atoms with Gasteiger partial charge >= 0.3 is 23.7 Å². The van der Waals surface area contributed by atoms with Crippen molar-refractivity contribution in [3.8, 4) is 5.69 Å². The lowest BCUT2D eigenvalue weighted by atomic mass is 10.0. The van der Waals surface area contributed by atoms with Gasteiger partial charge in [-0.05, 0) is 82.1 Å². The number of esters is 1. The largest absolute Gasteiger partial charge is 0.478 e. The van der Waals surface area contributed by atoms with E-state index in [0.717, 1.165) is 9.13 Å². The highest BCUT2D eigenvalue weighted by atomic mass is 35.5. The smallest absolute Gasteiger partial charge is 0.410 e. The topological polar surface area (TPSA) is 166 Å². The number of nitrogens with one attached hydrogen (secondary N) is 1.